The standard InChI is InChI=1S/C63H52ClN5O7S2/c64-39-46-40-77-58-52(57(71)69(58)53(46)59(72)74-54(42-23-8-1-9-24-42)43-25-10-2-11-26-43)66-56(70)51(68-76-62(37-22-38-62)60(73)75-55(44-27-12-3-13-28-44)45-29-14-4-15-30-45)50-41-78-61(65-50)67-63(47-31-16-5-17-32-47,48-33-18-6-19-34-48)49-35-20-7-21-36-49/h1-21,23-36,41,52,54-55,58H,22,37-40H2,(H,65,67)(H,66,70)/b68-51-. The van der Waals surface area contributed by atoms with Crippen LogP contribution in [0.25, 0.3) is 0 Å². The van der Waals surface area contributed by atoms with Gasteiger partial charge in [-0.05, 0) is 50.9 Å². The summed E-state index contributed by atoms with van der Waals surface area (Å²) in [6.07, 6.45) is -0.341. The van der Waals surface area contributed by atoms with Gasteiger partial charge in [-0.25, -0.2) is 14.6 Å². The Morgan fingerprint density at radius 2 is 1.12 bits per heavy atom. The Bertz CT molecular complexity index is 3290. The third-order valence-corrected chi connectivity index (χ3v) is 16.7. The van der Waals surface area contributed by atoms with E-state index in [0.717, 1.165) is 38.9 Å². The lowest BCUT2D eigenvalue weighted by Crippen LogP contribution is -2.71. The number of thioether (sulfide) groups is 1. The van der Waals surface area contributed by atoms with E-state index in [1.807, 2.05) is 176 Å². The molecule has 1 aliphatic carbocycles. The number of hydrogen-bond acceptors (Lipinski definition) is 12. The lowest BCUT2D eigenvalue weighted by molar-refractivity contribution is -0.189. The van der Waals surface area contributed by atoms with E-state index in [9.17, 15) is 14.4 Å². The van der Waals surface area contributed by atoms with Crippen LogP contribution in [-0.4, -0.2) is 68.0 Å². The fraction of sp³-hybridized carbons (Fsp3) is 0.175. The second-order valence-electron chi connectivity index (χ2n) is 19.1. The molecule has 78 heavy (non-hydrogen) atoms. The molecule has 1 aromatic heterocycles. The normalized spacial score (nSPS) is 16.8. The van der Waals surface area contributed by atoms with Crippen LogP contribution < -0.4 is 10.6 Å². The third-order valence-electron chi connectivity index (χ3n) is 14.3. The van der Waals surface area contributed by atoms with Crippen LogP contribution in [0.1, 0.15) is 76.1 Å². The van der Waals surface area contributed by atoms with Crippen LogP contribution in [0.2, 0.25) is 0 Å². The molecule has 11 rings (SSSR count). The van der Waals surface area contributed by atoms with Crippen molar-refractivity contribution >= 4 is 69.3 Å². The van der Waals surface area contributed by atoms with Crippen molar-refractivity contribution in [2.24, 2.45) is 5.16 Å². The molecule has 1 saturated carbocycles. The number of β-lactam (4-membered cyclic amide) rings is 1. The molecule has 0 bridgehead atoms. The molecule has 2 amide bonds. The van der Waals surface area contributed by atoms with Crippen molar-refractivity contribution in [1.82, 2.24) is 15.2 Å². The van der Waals surface area contributed by atoms with Gasteiger partial charge in [-0.15, -0.1) is 34.7 Å². The lowest BCUT2D eigenvalue weighted by Gasteiger charge is -2.49. The molecule has 2 unspecified atom stereocenters. The topological polar surface area (TPSA) is 149 Å². The van der Waals surface area contributed by atoms with Crippen molar-refractivity contribution in [2.75, 3.05) is 16.9 Å². The minimum absolute atomic E-state index is 0.0254. The molecular weight excluding hydrogens is 1040 g/mol. The van der Waals surface area contributed by atoms with Gasteiger partial charge in [0.25, 0.3) is 11.8 Å². The number of ether oxygens (including phenoxy) is 2. The van der Waals surface area contributed by atoms with E-state index >= 15 is 4.79 Å². The number of rotatable bonds is 19. The van der Waals surface area contributed by atoms with Gasteiger partial charge in [0, 0.05) is 29.9 Å². The average molecular weight is 1090 g/mol. The van der Waals surface area contributed by atoms with Crippen molar-refractivity contribution in [3.05, 3.63) is 274 Å². The second kappa shape index (κ2) is 23.1. The van der Waals surface area contributed by atoms with Crippen molar-refractivity contribution in [3.63, 3.8) is 0 Å². The number of fused-ring (bicyclic) bond motifs is 1. The number of aromatic nitrogens is 1. The number of thiazole rings is 1. The molecule has 2 N–H and O–H groups in total. The molecule has 2 aliphatic heterocycles. The number of benzene rings is 7. The first-order valence-electron chi connectivity index (χ1n) is 25.6. The molecule has 15 heteroatoms. The number of carbonyl (C=O) groups excluding carboxylic acids is 4. The zero-order valence-electron chi connectivity index (χ0n) is 42.0. The third kappa shape index (κ3) is 10.3. The van der Waals surface area contributed by atoms with Gasteiger partial charge in [0.2, 0.25) is 5.60 Å². The fourth-order valence-corrected chi connectivity index (χ4v) is 12.5. The first-order chi connectivity index (χ1) is 38.3. The predicted molar refractivity (Wildman–Crippen MR) is 304 cm³/mol. The van der Waals surface area contributed by atoms with E-state index in [0.29, 0.717) is 22.9 Å². The molecule has 0 radical (unpaired) electrons. The van der Waals surface area contributed by atoms with Crippen molar-refractivity contribution < 1.29 is 33.5 Å². The quantitative estimate of drug-likeness (QED) is 0.0200. The summed E-state index contributed by atoms with van der Waals surface area (Å²) in [7, 11) is 0. The van der Waals surface area contributed by atoms with E-state index in [1.54, 1.807) is 5.38 Å². The van der Waals surface area contributed by atoms with E-state index in [-0.39, 0.29) is 35.8 Å². The molecule has 12 nitrogen and oxygen atoms in total. The van der Waals surface area contributed by atoms with Gasteiger partial charge >= 0.3 is 11.9 Å². The van der Waals surface area contributed by atoms with E-state index in [4.69, 9.17) is 30.9 Å². The summed E-state index contributed by atoms with van der Waals surface area (Å²) in [5, 5.41) is 12.6. The number of carbonyl (C=O) groups is 4. The van der Waals surface area contributed by atoms with Gasteiger partial charge in [-0.2, -0.15) is 0 Å². The maximum Gasteiger partial charge on any atom is 0.356 e. The summed E-state index contributed by atoms with van der Waals surface area (Å²) in [6.45, 7) is 0. The monoisotopic (exact) mass is 1090 g/mol. The highest BCUT2D eigenvalue weighted by Gasteiger charge is 2.55. The molecule has 7 aromatic carbocycles. The number of nitrogens with zero attached hydrogens (tertiary/aromatic N) is 3. The highest BCUT2D eigenvalue weighted by atomic mass is 35.5. The van der Waals surface area contributed by atoms with Crippen molar-refractivity contribution in [3.8, 4) is 0 Å². The molecular formula is C63H52ClN5O7S2. The Morgan fingerprint density at radius 3 is 1.55 bits per heavy atom. The van der Waals surface area contributed by atoms with Crippen LogP contribution in [-0.2, 0) is 39.0 Å². The highest BCUT2D eigenvalue weighted by molar-refractivity contribution is 8.00. The molecule has 1 saturated heterocycles. The summed E-state index contributed by atoms with van der Waals surface area (Å²) in [5.41, 5.74) is 3.77. The predicted octanol–water partition coefficient (Wildman–Crippen LogP) is 11.7. The molecule has 0 spiro atoms. The van der Waals surface area contributed by atoms with E-state index in [2.05, 4.69) is 52.2 Å². The summed E-state index contributed by atoms with van der Waals surface area (Å²) in [5.74, 6) is -2.42. The van der Waals surface area contributed by atoms with Crippen molar-refractivity contribution in [2.45, 2.75) is 54.0 Å². The summed E-state index contributed by atoms with van der Waals surface area (Å²) < 4.78 is 12.6. The maximum absolute atomic E-state index is 15.1. The van der Waals surface area contributed by atoms with Gasteiger partial charge in [-0.1, -0.05) is 217 Å². The number of alkyl halides is 1. The van der Waals surface area contributed by atoms with Crippen LogP contribution in [0, 0.1) is 0 Å². The smallest absolute Gasteiger partial charge is 0.356 e. The highest BCUT2D eigenvalue weighted by Crippen LogP contribution is 2.44. The van der Waals surface area contributed by atoms with Gasteiger partial charge in [0.15, 0.2) is 23.1 Å². The number of amides is 2. The summed E-state index contributed by atoms with van der Waals surface area (Å²) >= 11 is 9.11. The number of hydrogen-bond donors (Lipinski definition) is 2. The SMILES string of the molecule is O=C(OC(c1ccccc1)c1ccccc1)C1=C(CCl)CSC2C(NC(=O)/C(=N\OC3(C(=O)OC(c4ccccc4)c4ccccc4)CCC3)c3csc(NC(c4ccccc4)(c4ccccc4)c4ccccc4)n3)C(=O)N12. The molecule has 3 heterocycles. The molecule has 2 fully saturated rings. The van der Waals surface area contributed by atoms with Gasteiger partial charge in [-0.3, -0.25) is 14.5 Å². The Hall–Kier alpha value is -8.30. The number of nitrogens with one attached hydrogen (secondary N) is 2. The largest absolute Gasteiger partial charge is 0.450 e. The van der Waals surface area contributed by atoms with Gasteiger partial charge in [0.05, 0.1) is 0 Å². The molecule has 390 valence electrons. The van der Waals surface area contributed by atoms with Crippen LogP contribution in [0.5, 0.6) is 0 Å². The summed E-state index contributed by atoms with van der Waals surface area (Å²) in [4.78, 5) is 71.3. The number of anilines is 1. The van der Waals surface area contributed by atoms with Crippen LogP contribution >= 0.6 is 34.7 Å². The maximum atomic E-state index is 15.1. The minimum Gasteiger partial charge on any atom is -0.450 e. The van der Waals surface area contributed by atoms with E-state index < -0.39 is 58.5 Å². The van der Waals surface area contributed by atoms with Gasteiger partial charge < -0.3 is 24.9 Å². The minimum atomic E-state index is -1.54. The summed E-state index contributed by atoms with van der Waals surface area (Å²) in [6, 6.07) is 66.6. The Kier molecular flexibility index (Phi) is 15.4. The van der Waals surface area contributed by atoms with Crippen molar-refractivity contribution in [1.29, 1.82) is 0 Å². The molecule has 2 atom stereocenters. The van der Waals surface area contributed by atoms with E-state index in [1.165, 1.54) is 28.0 Å². The molecule has 3 aliphatic rings. The Labute approximate surface area is 465 Å². The fourth-order valence-electron chi connectivity index (χ4n) is 10.1. The zero-order valence-corrected chi connectivity index (χ0v) is 44.4. The lowest BCUT2D eigenvalue weighted by atomic mass is 9.77. The van der Waals surface area contributed by atoms with Crippen LogP contribution in [0.4, 0.5) is 5.13 Å². The number of esters is 2. The zero-order chi connectivity index (χ0) is 53.5. The van der Waals surface area contributed by atoms with Crippen LogP contribution in [0.3, 0.4) is 0 Å². The first kappa shape index (κ1) is 51.8. The number of oxime groups is 1. The number of halogens is 1. The molecule has 8 aromatic rings. The first-order valence-corrected chi connectivity index (χ1v) is 28.0. The Morgan fingerprint density at radius 1 is 0.667 bits per heavy atom. The Balaban J connectivity index is 0.919. The second-order valence-corrected chi connectivity index (χ2v) is 21.3. The van der Waals surface area contributed by atoms with Crippen LogP contribution in [0.15, 0.2) is 234 Å². The van der Waals surface area contributed by atoms with Gasteiger partial charge in [0.1, 0.15) is 28.3 Å². The average Bonchev–Trinajstić information content (AvgIpc) is 4.00.